The van der Waals surface area contributed by atoms with Crippen LogP contribution in [0.2, 0.25) is 5.02 Å². The molecule has 5 heteroatoms. The first-order valence-electron chi connectivity index (χ1n) is 9.41. The number of halogens is 1. The van der Waals surface area contributed by atoms with Gasteiger partial charge in [0.05, 0.1) is 5.02 Å². The number of carbonyl (C=O) groups excluding carboxylic acids is 1. The second-order valence-corrected chi connectivity index (χ2v) is 7.07. The van der Waals surface area contributed by atoms with E-state index in [0.717, 1.165) is 5.56 Å². The van der Waals surface area contributed by atoms with Crippen molar-refractivity contribution in [3.63, 3.8) is 0 Å². The summed E-state index contributed by atoms with van der Waals surface area (Å²) in [6.45, 7) is 0.713. The number of pyridine rings is 1. The molecule has 0 radical (unpaired) electrons. The maximum atomic E-state index is 12.1. The fourth-order valence-corrected chi connectivity index (χ4v) is 3.68. The highest BCUT2D eigenvalue weighted by atomic mass is 35.5. The average Bonchev–Trinajstić information content (AvgIpc) is 3.07. The molecule has 0 unspecified atom stereocenters. The minimum Gasteiger partial charge on any atom is -0.449 e. The molecule has 1 amide bonds. The van der Waals surface area contributed by atoms with Crippen LogP contribution in [0.5, 0.6) is 0 Å². The molecule has 4 nitrogen and oxygen atoms in total. The molecule has 4 rings (SSSR count). The van der Waals surface area contributed by atoms with Gasteiger partial charge in [-0.25, -0.2) is 4.79 Å². The molecule has 0 spiro atoms. The van der Waals surface area contributed by atoms with Crippen LogP contribution in [0, 0.1) is 11.8 Å². The van der Waals surface area contributed by atoms with Crippen LogP contribution in [-0.4, -0.2) is 24.2 Å². The third kappa shape index (κ3) is 4.26. The highest BCUT2D eigenvalue weighted by molar-refractivity contribution is 6.31. The lowest BCUT2D eigenvalue weighted by Crippen LogP contribution is -2.26. The van der Waals surface area contributed by atoms with Gasteiger partial charge in [-0.1, -0.05) is 72.0 Å². The molecule has 1 aliphatic rings. The van der Waals surface area contributed by atoms with E-state index in [-0.39, 0.29) is 5.92 Å². The minimum absolute atomic E-state index is 0.0572. The Morgan fingerprint density at radius 3 is 2.45 bits per heavy atom. The van der Waals surface area contributed by atoms with Gasteiger partial charge in [-0.3, -0.25) is 4.98 Å². The highest BCUT2D eigenvalue weighted by Gasteiger charge is 2.28. The summed E-state index contributed by atoms with van der Waals surface area (Å²) in [7, 11) is 0. The number of aromatic nitrogens is 1. The molecular weight excluding hydrogens is 384 g/mol. The molecule has 29 heavy (non-hydrogen) atoms. The van der Waals surface area contributed by atoms with Crippen LogP contribution in [0.15, 0.2) is 67.0 Å². The topological polar surface area (TPSA) is 51.2 Å². The summed E-state index contributed by atoms with van der Waals surface area (Å²) in [5, 5.41) is 3.26. The monoisotopic (exact) mass is 402 g/mol. The summed E-state index contributed by atoms with van der Waals surface area (Å²) in [4.78, 5) is 16.0. The molecule has 0 aliphatic heterocycles. The summed E-state index contributed by atoms with van der Waals surface area (Å²) in [5.74, 6) is 6.02. The van der Waals surface area contributed by atoms with Gasteiger partial charge in [-0.15, -0.1) is 0 Å². The molecule has 1 heterocycles. The van der Waals surface area contributed by atoms with Crippen molar-refractivity contribution in [1.82, 2.24) is 10.3 Å². The van der Waals surface area contributed by atoms with Crippen LogP contribution < -0.4 is 5.32 Å². The molecule has 0 bridgehead atoms. The Balaban J connectivity index is 1.30. The first-order chi connectivity index (χ1) is 14.2. The SMILES string of the molecule is O=C(NCCC#Cc1ccncc1Cl)OCC1c2ccccc2-c2ccccc21. The molecule has 0 fully saturated rings. The Labute approximate surface area is 174 Å². The predicted octanol–water partition coefficient (Wildman–Crippen LogP) is 5.02. The van der Waals surface area contributed by atoms with Crippen LogP contribution in [0.4, 0.5) is 4.79 Å². The number of hydrogen-bond donors (Lipinski definition) is 1. The van der Waals surface area contributed by atoms with Crippen molar-refractivity contribution in [3.05, 3.63) is 88.7 Å². The highest BCUT2D eigenvalue weighted by Crippen LogP contribution is 2.44. The minimum atomic E-state index is -0.435. The zero-order valence-electron chi connectivity index (χ0n) is 15.7. The van der Waals surface area contributed by atoms with E-state index >= 15 is 0 Å². The number of carbonyl (C=O) groups is 1. The predicted molar refractivity (Wildman–Crippen MR) is 114 cm³/mol. The first kappa shape index (κ1) is 19.0. The number of ether oxygens (including phenoxy) is 1. The van der Waals surface area contributed by atoms with Crippen molar-refractivity contribution in [3.8, 4) is 23.0 Å². The number of nitrogens with zero attached hydrogens (tertiary/aromatic N) is 1. The standard InChI is InChI=1S/C24H19ClN2O2/c25-23-15-26-14-12-17(23)7-5-6-13-27-24(28)29-16-22-20-10-3-1-8-18(20)19-9-2-4-11-21(19)22/h1-4,8-12,14-15,22H,6,13,16H2,(H,27,28). The molecule has 1 aliphatic carbocycles. The molecule has 1 N–H and O–H groups in total. The molecule has 2 aromatic carbocycles. The Morgan fingerprint density at radius 1 is 1.07 bits per heavy atom. The van der Waals surface area contributed by atoms with E-state index in [0.29, 0.717) is 24.6 Å². The quantitative estimate of drug-likeness (QED) is 0.492. The van der Waals surface area contributed by atoms with Crippen LogP contribution in [-0.2, 0) is 4.74 Å². The van der Waals surface area contributed by atoms with Gasteiger partial charge >= 0.3 is 6.09 Å². The summed E-state index contributed by atoms with van der Waals surface area (Å²) < 4.78 is 5.50. The fraction of sp³-hybridized carbons (Fsp3) is 0.167. The Hall–Kier alpha value is -3.29. The van der Waals surface area contributed by atoms with Crippen LogP contribution in [0.1, 0.15) is 29.0 Å². The van der Waals surface area contributed by atoms with Crippen molar-refractivity contribution in [2.75, 3.05) is 13.2 Å². The number of benzene rings is 2. The Kier molecular flexibility index (Phi) is 5.79. The zero-order chi connectivity index (χ0) is 20.1. The molecule has 0 atom stereocenters. The normalized spacial score (nSPS) is 11.8. The van der Waals surface area contributed by atoms with Gasteiger partial charge in [0.2, 0.25) is 0 Å². The van der Waals surface area contributed by atoms with Crippen LogP contribution in [0.3, 0.4) is 0 Å². The van der Waals surface area contributed by atoms with Crippen molar-refractivity contribution in [1.29, 1.82) is 0 Å². The average molecular weight is 403 g/mol. The van der Waals surface area contributed by atoms with Gasteiger partial charge in [-0.2, -0.15) is 0 Å². The van der Waals surface area contributed by atoms with Crippen LogP contribution in [0.25, 0.3) is 11.1 Å². The Morgan fingerprint density at radius 2 is 1.76 bits per heavy atom. The van der Waals surface area contributed by atoms with Gasteiger partial charge in [0, 0.05) is 36.8 Å². The number of fused-ring (bicyclic) bond motifs is 3. The van der Waals surface area contributed by atoms with Crippen LogP contribution >= 0.6 is 11.6 Å². The van der Waals surface area contributed by atoms with Crippen molar-refractivity contribution in [2.24, 2.45) is 0 Å². The molecule has 0 saturated carbocycles. The summed E-state index contributed by atoms with van der Waals surface area (Å²) >= 11 is 6.01. The molecule has 0 saturated heterocycles. The molecule has 3 aromatic rings. The smallest absolute Gasteiger partial charge is 0.407 e. The van der Waals surface area contributed by atoms with Gasteiger partial charge in [0.1, 0.15) is 6.61 Å². The van der Waals surface area contributed by atoms with Crippen molar-refractivity contribution >= 4 is 17.7 Å². The largest absolute Gasteiger partial charge is 0.449 e. The van der Waals surface area contributed by atoms with Gasteiger partial charge in [0.15, 0.2) is 0 Å². The summed E-state index contributed by atoms with van der Waals surface area (Å²) in [6, 6.07) is 18.3. The van der Waals surface area contributed by atoms with E-state index < -0.39 is 6.09 Å². The third-order valence-corrected chi connectivity index (χ3v) is 5.16. The summed E-state index contributed by atoms with van der Waals surface area (Å²) in [6.07, 6.45) is 3.27. The van der Waals surface area contributed by atoms with E-state index in [1.54, 1.807) is 18.5 Å². The van der Waals surface area contributed by atoms with E-state index in [9.17, 15) is 4.79 Å². The van der Waals surface area contributed by atoms with Crippen molar-refractivity contribution < 1.29 is 9.53 Å². The second kappa shape index (κ2) is 8.81. The Bertz CT molecular complexity index is 1060. The van der Waals surface area contributed by atoms with Crippen molar-refractivity contribution in [2.45, 2.75) is 12.3 Å². The summed E-state index contributed by atoms with van der Waals surface area (Å²) in [5.41, 5.74) is 5.54. The van der Waals surface area contributed by atoms with E-state index in [1.165, 1.54) is 22.3 Å². The van der Waals surface area contributed by atoms with E-state index in [4.69, 9.17) is 16.3 Å². The second-order valence-electron chi connectivity index (χ2n) is 6.66. The van der Waals surface area contributed by atoms with E-state index in [2.05, 4.69) is 46.4 Å². The third-order valence-electron chi connectivity index (χ3n) is 4.86. The molecular formula is C24H19ClN2O2. The zero-order valence-corrected chi connectivity index (χ0v) is 16.4. The number of rotatable bonds is 4. The number of amides is 1. The number of alkyl carbamates (subject to hydrolysis) is 1. The molecule has 144 valence electrons. The maximum Gasteiger partial charge on any atom is 0.407 e. The first-order valence-corrected chi connectivity index (χ1v) is 9.79. The lowest BCUT2D eigenvalue weighted by molar-refractivity contribution is 0.143. The number of hydrogen-bond acceptors (Lipinski definition) is 3. The number of nitrogens with one attached hydrogen (secondary N) is 1. The lowest BCUT2D eigenvalue weighted by Gasteiger charge is -2.14. The lowest BCUT2D eigenvalue weighted by atomic mass is 9.98. The van der Waals surface area contributed by atoms with Gasteiger partial charge < -0.3 is 10.1 Å². The van der Waals surface area contributed by atoms with Gasteiger partial charge in [-0.05, 0) is 28.3 Å². The van der Waals surface area contributed by atoms with Gasteiger partial charge in [0.25, 0.3) is 0 Å². The fourth-order valence-electron chi connectivity index (χ4n) is 3.51. The molecule has 1 aromatic heterocycles. The van der Waals surface area contributed by atoms with E-state index in [1.807, 2.05) is 24.3 Å². The maximum absolute atomic E-state index is 12.1.